The molecule has 5 aromatic rings. The van der Waals surface area contributed by atoms with E-state index in [2.05, 4.69) is 42.1 Å². The molecule has 146 valence electrons. The highest BCUT2D eigenvalue weighted by molar-refractivity contribution is 8.00. The average molecular weight is 411 g/mol. The highest BCUT2D eigenvalue weighted by Crippen LogP contribution is 2.26. The van der Waals surface area contributed by atoms with Gasteiger partial charge in [0.2, 0.25) is 5.95 Å². The van der Waals surface area contributed by atoms with Crippen LogP contribution in [0.3, 0.4) is 0 Å². The molecule has 0 unspecified atom stereocenters. The third-order valence-corrected chi connectivity index (χ3v) is 5.35. The van der Waals surface area contributed by atoms with Crippen LogP contribution >= 0.6 is 11.9 Å². The molecule has 0 aliphatic heterocycles. The number of rotatable bonds is 6. The molecule has 30 heavy (non-hydrogen) atoms. The van der Waals surface area contributed by atoms with Crippen LogP contribution in [0, 0.1) is 0 Å². The van der Waals surface area contributed by atoms with E-state index in [1.54, 1.807) is 24.5 Å². The molecule has 0 saturated heterocycles. The van der Waals surface area contributed by atoms with E-state index in [1.165, 1.54) is 0 Å². The Morgan fingerprint density at radius 2 is 1.70 bits per heavy atom. The fraction of sp³-hybridized carbons (Fsp3) is 0. The van der Waals surface area contributed by atoms with Crippen molar-refractivity contribution in [1.82, 2.24) is 19.9 Å². The summed E-state index contributed by atoms with van der Waals surface area (Å²) < 4.78 is 3.34. The molecule has 5 rings (SSSR count). The number of para-hydroxylation sites is 1. The Kier molecular flexibility index (Phi) is 5.01. The van der Waals surface area contributed by atoms with Crippen molar-refractivity contribution >= 4 is 40.3 Å². The maximum absolute atomic E-state index is 4.67. The van der Waals surface area contributed by atoms with Gasteiger partial charge < -0.3 is 15.0 Å². The van der Waals surface area contributed by atoms with Crippen molar-refractivity contribution in [3.05, 3.63) is 91.4 Å². The van der Waals surface area contributed by atoms with E-state index in [1.807, 2.05) is 66.7 Å². The van der Waals surface area contributed by atoms with E-state index in [0.29, 0.717) is 5.95 Å². The molecule has 3 N–H and O–H groups in total. The molecule has 2 heterocycles. The molecule has 0 fully saturated rings. The summed E-state index contributed by atoms with van der Waals surface area (Å²) in [5, 5.41) is 3.30. The smallest absolute Gasteiger partial charge is 0.227 e. The standard InChI is InChI=1S/C23H18N6S/c1-2-5-17(6-3-1)29-30-19-8-4-7-18(14-19)27-23-24-12-11-20(28-23)16-9-10-21-22(13-16)26-15-25-21/h1-15,29H,(H,25,26)(H,24,27,28). The Hall–Kier alpha value is -3.84. The number of hydrogen-bond donors (Lipinski definition) is 3. The summed E-state index contributed by atoms with van der Waals surface area (Å²) in [6.45, 7) is 0. The molecule has 0 bridgehead atoms. The fourth-order valence-corrected chi connectivity index (χ4v) is 3.77. The van der Waals surface area contributed by atoms with Crippen LogP contribution in [0.2, 0.25) is 0 Å². The van der Waals surface area contributed by atoms with Crippen molar-refractivity contribution in [1.29, 1.82) is 0 Å². The lowest BCUT2D eigenvalue weighted by Gasteiger charge is -2.09. The monoisotopic (exact) mass is 410 g/mol. The van der Waals surface area contributed by atoms with Gasteiger partial charge >= 0.3 is 0 Å². The first-order valence-electron chi connectivity index (χ1n) is 9.45. The van der Waals surface area contributed by atoms with Gasteiger partial charge in [0.15, 0.2) is 0 Å². The van der Waals surface area contributed by atoms with E-state index >= 15 is 0 Å². The fourth-order valence-electron chi connectivity index (χ4n) is 3.07. The number of aromatic nitrogens is 4. The Morgan fingerprint density at radius 3 is 2.63 bits per heavy atom. The molecule has 0 aliphatic carbocycles. The molecule has 0 saturated carbocycles. The van der Waals surface area contributed by atoms with E-state index < -0.39 is 0 Å². The zero-order chi connectivity index (χ0) is 20.2. The predicted molar refractivity (Wildman–Crippen MR) is 123 cm³/mol. The second-order valence-electron chi connectivity index (χ2n) is 6.62. The highest BCUT2D eigenvalue weighted by atomic mass is 32.2. The third-order valence-electron chi connectivity index (χ3n) is 4.52. The number of nitrogens with zero attached hydrogens (tertiary/aromatic N) is 3. The normalized spacial score (nSPS) is 10.8. The summed E-state index contributed by atoms with van der Waals surface area (Å²) in [6, 6.07) is 26.2. The summed E-state index contributed by atoms with van der Waals surface area (Å²) in [6.07, 6.45) is 3.45. The Labute approximate surface area is 178 Å². The average Bonchev–Trinajstić information content (AvgIpc) is 3.27. The van der Waals surface area contributed by atoms with Gasteiger partial charge in [-0.25, -0.2) is 15.0 Å². The Bertz CT molecular complexity index is 1290. The van der Waals surface area contributed by atoms with Crippen molar-refractivity contribution in [2.75, 3.05) is 10.0 Å². The summed E-state index contributed by atoms with van der Waals surface area (Å²) in [5.41, 5.74) is 5.76. The minimum absolute atomic E-state index is 0.551. The number of fused-ring (bicyclic) bond motifs is 1. The van der Waals surface area contributed by atoms with Gasteiger partial charge in [-0.05, 0) is 60.5 Å². The van der Waals surface area contributed by atoms with Crippen LogP contribution in [0.1, 0.15) is 0 Å². The van der Waals surface area contributed by atoms with Gasteiger partial charge in [-0.3, -0.25) is 0 Å². The predicted octanol–water partition coefficient (Wildman–Crippen LogP) is 5.88. The van der Waals surface area contributed by atoms with Gasteiger partial charge in [-0.2, -0.15) is 0 Å². The summed E-state index contributed by atoms with van der Waals surface area (Å²) in [7, 11) is 0. The van der Waals surface area contributed by atoms with E-state index in [9.17, 15) is 0 Å². The minimum Gasteiger partial charge on any atom is -0.345 e. The second kappa shape index (κ2) is 8.26. The Morgan fingerprint density at radius 1 is 0.800 bits per heavy atom. The summed E-state index contributed by atoms with van der Waals surface area (Å²) in [5.74, 6) is 0.551. The van der Waals surface area contributed by atoms with Crippen LogP contribution in [0.15, 0.2) is 96.3 Å². The van der Waals surface area contributed by atoms with Crippen LogP contribution < -0.4 is 10.0 Å². The maximum atomic E-state index is 4.67. The lowest BCUT2D eigenvalue weighted by atomic mass is 10.1. The van der Waals surface area contributed by atoms with Crippen molar-refractivity contribution < 1.29 is 0 Å². The number of benzene rings is 3. The number of H-pyrrole nitrogens is 1. The van der Waals surface area contributed by atoms with Crippen molar-refractivity contribution in [2.24, 2.45) is 0 Å². The lowest BCUT2D eigenvalue weighted by molar-refractivity contribution is 1.17. The van der Waals surface area contributed by atoms with Gasteiger partial charge in [-0.1, -0.05) is 30.3 Å². The SMILES string of the molecule is c1ccc(NSc2cccc(Nc3nccc(-c4ccc5nc[nH]c5c4)n3)c2)cc1. The molecule has 2 aromatic heterocycles. The number of anilines is 3. The third kappa shape index (κ3) is 4.11. The number of imidazole rings is 1. The van der Waals surface area contributed by atoms with Gasteiger partial charge in [0.05, 0.1) is 23.1 Å². The molecule has 3 aromatic carbocycles. The van der Waals surface area contributed by atoms with Crippen molar-refractivity contribution in [2.45, 2.75) is 4.90 Å². The first-order valence-corrected chi connectivity index (χ1v) is 10.3. The molecule has 6 nitrogen and oxygen atoms in total. The van der Waals surface area contributed by atoms with E-state index in [0.717, 1.165) is 38.6 Å². The quantitative estimate of drug-likeness (QED) is 0.303. The minimum atomic E-state index is 0.551. The van der Waals surface area contributed by atoms with Crippen LogP contribution in [0.5, 0.6) is 0 Å². The summed E-state index contributed by atoms with van der Waals surface area (Å²) in [4.78, 5) is 17.5. The van der Waals surface area contributed by atoms with Crippen molar-refractivity contribution in [3.63, 3.8) is 0 Å². The van der Waals surface area contributed by atoms with E-state index in [-0.39, 0.29) is 0 Å². The molecule has 0 atom stereocenters. The zero-order valence-corrected chi connectivity index (χ0v) is 16.7. The number of hydrogen-bond acceptors (Lipinski definition) is 6. The van der Waals surface area contributed by atoms with Crippen molar-refractivity contribution in [3.8, 4) is 11.3 Å². The maximum Gasteiger partial charge on any atom is 0.227 e. The van der Waals surface area contributed by atoms with Gasteiger partial charge in [0.25, 0.3) is 0 Å². The zero-order valence-electron chi connectivity index (χ0n) is 15.9. The van der Waals surface area contributed by atoms with Crippen LogP contribution in [-0.4, -0.2) is 19.9 Å². The number of nitrogens with one attached hydrogen (secondary N) is 3. The molecule has 0 aliphatic rings. The van der Waals surface area contributed by atoms with Crippen LogP contribution in [0.4, 0.5) is 17.3 Å². The molecular formula is C23H18N6S. The molecule has 0 spiro atoms. The Balaban J connectivity index is 1.32. The second-order valence-corrected chi connectivity index (χ2v) is 7.50. The van der Waals surface area contributed by atoms with Crippen LogP contribution in [0.25, 0.3) is 22.3 Å². The van der Waals surface area contributed by atoms with E-state index in [4.69, 9.17) is 0 Å². The molecule has 0 amide bonds. The molecule has 0 radical (unpaired) electrons. The first kappa shape index (κ1) is 18.2. The highest BCUT2D eigenvalue weighted by Gasteiger charge is 2.06. The van der Waals surface area contributed by atoms with Gasteiger partial charge in [0.1, 0.15) is 0 Å². The largest absolute Gasteiger partial charge is 0.345 e. The topological polar surface area (TPSA) is 78.5 Å². The molecular weight excluding hydrogens is 392 g/mol. The van der Waals surface area contributed by atoms with Crippen LogP contribution in [-0.2, 0) is 0 Å². The lowest BCUT2D eigenvalue weighted by Crippen LogP contribution is -1.98. The molecule has 7 heteroatoms. The number of aromatic amines is 1. The summed E-state index contributed by atoms with van der Waals surface area (Å²) >= 11 is 1.56. The van der Waals surface area contributed by atoms with Gasteiger partial charge in [-0.15, -0.1) is 0 Å². The first-order chi connectivity index (χ1) is 14.8. The van der Waals surface area contributed by atoms with Gasteiger partial charge in [0, 0.05) is 28.0 Å².